The molecule has 8 heteroatoms. The molecule has 1 saturated heterocycles. The summed E-state index contributed by atoms with van der Waals surface area (Å²) in [5.74, 6) is -0.351. The van der Waals surface area contributed by atoms with Crippen LogP contribution >= 0.6 is 0 Å². The molecule has 2 aromatic carbocycles. The van der Waals surface area contributed by atoms with Gasteiger partial charge in [-0.05, 0) is 49.9 Å². The summed E-state index contributed by atoms with van der Waals surface area (Å²) in [7, 11) is -2.19. The highest BCUT2D eigenvalue weighted by Gasteiger charge is 2.25. The average Bonchev–Trinajstić information content (AvgIpc) is 3.08. The van der Waals surface area contributed by atoms with E-state index in [-0.39, 0.29) is 16.7 Å². The lowest BCUT2D eigenvalue weighted by Crippen LogP contribution is -2.27. The second-order valence-electron chi connectivity index (χ2n) is 5.85. The molecule has 0 spiro atoms. The predicted molar refractivity (Wildman–Crippen MR) is 98.7 cm³/mol. The molecule has 7 nitrogen and oxygen atoms in total. The summed E-state index contributed by atoms with van der Waals surface area (Å²) in [6.45, 7) is 0.597. The van der Waals surface area contributed by atoms with E-state index in [9.17, 15) is 18.0 Å². The number of nitrogens with one attached hydrogen (secondary N) is 2. The molecule has 1 aliphatic heterocycles. The van der Waals surface area contributed by atoms with Crippen molar-refractivity contribution in [3.05, 3.63) is 54.1 Å². The van der Waals surface area contributed by atoms with E-state index < -0.39 is 10.0 Å². The van der Waals surface area contributed by atoms with Crippen LogP contribution in [0.4, 0.5) is 11.4 Å². The maximum Gasteiger partial charge on any atom is 0.257 e. The Hall–Kier alpha value is -2.71. The molecule has 0 radical (unpaired) electrons. The van der Waals surface area contributed by atoms with Crippen LogP contribution in [0.1, 0.15) is 23.2 Å². The molecule has 0 aromatic heterocycles. The first-order chi connectivity index (χ1) is 12.4. The van der Waals surface area contributed by atoms with E-state index in [4.69, 9.17) is 0 Å². The van der Waals surface area contributed by atoms with Gasteiger partial charge in [0.25, 0.3) is 5.91 Å². The van der Waals surface area contributed by atoms with Crippen LogP contribution in [0.3, 0.4) is 0 Å². The third kappa shape index (κ3) is 3.61. The normalized spacial score (nSPS) is 14.5. The predicted octanol–water partition coefficient (Wildman–Crippen LogP) is 1.97. The minimum Gasteiger partial charge on any atom is -0.322 e. The van der Waals surface area contributed by atoms with Crippen LogP contribution in [0.25, 0.3) is 0 Å². The SMILES string of the molecule is CNS(=O)(=O)c1ccc(NC(=O)c2ccccc2N2CCCC2=O)cc1. The summed E-state index contributed by atoms with van der Waals surface area (Å²) < 4.78 is 25.7. The standard InChI is InChI=1S/C18H19N3O4S/c1-19-26(24,25)14-10-8-13(9-11-14)20-18(23)15-5-2-3-6-16(15)21-12-4-7-17(21)22/h2-3,5-6,8-11,19H,4,7,12H2,1H3,(H,20,23). The lowest BCUT2D eigenvalue weighted by atomic mass is 10.1. The minimum absolute atomic E-state index is 0.00637. The molecule has 2 aromatic rings. The fourth-order valence-electron chi connectivity index (χ4n) is 2.84. The molecule has 0 unspecified atom stereocenters. The zero-order valence-electron chi connectivity index (χ0n) is 14.2. The Kier molecular flexibility index (Phi) is 5.06. The van der Waals surface area contributed by atoms with E-state index >= 15 is 0 Å². The molecule has 1 heterocycles. The van der Waals surface area contributed by atoms with Crippen molar-refractivity contribution in [1.82, 2.24) is 4.72 Å². The van der Waals surface area contributed by atoms with Crippen molar-refractivity contribution in [2.45, 2.75) is 17.7 Å². The van der Waals surface area contributed by atoms with Gasteiger partial charge in [-0.25, -0.2) is 13.1 Å². The van der Waals surface area contributed by atoms with Gasteiger partial charge in [-0.3, -0.25) is 9.59 Å². The number of amides is 2. The second kappa shape index (κ2) is 7.27. The highest BCUT2D eigenvalue weighted by atomic mass is 32.2. The zero-order chi connectivity index (χ0) is 18.7. The first-order valence-electron chi connectivity index (χ1n) is 8.17. The molecule has 1 aliphatic rings. The number of para-hydroxylation sites is 1. The van der Waals surface area contributed by atoms with Crippen molar-refractivity contribution in [1.29, 1.82) is 0 Å². The van der Waals surface area contributed by atoms with Gasteiger partial charge >= 0.3 is 0 Å². The molecular formula is C18H19N3O4S. The second-order valence-corrected chi connectivity index (χ2v) is 7.74. The summed E-state index contributed by atoms with van der Waals surface area (Å²) in [6, 6.07) is 12.8. The number of nitrogens with zero attached hydrogens (tertiary/aromatic N) is 1. The molecule has 1 fully saturated rings. The minimum atomic E-state index is -3.53. The van der Waals surface area contributed by atoms with E-state index in [1.165, 1.54) is 31.3 Å². The molecule has 26 heavy (non-hydrogen) atoms. The van der Waals surface area contributed by atoms with E-state index in [0.29, 0.717) is 29.9 Å². The van der Waals surface area contributed by atoms with E-state index in [0.717, 1.165) is 6.42 Å². The summed E-state index contributed by atoms with van der Waals surface area (Å²) in [5, 5.41) is 2.74. The maximum atomic E-state index is 12.7. The van der Waals surface area contributed by atoms with Crippen LogP contribution in [-0.2, 0) is 14.8 Å². The quantitative estimate of drug-likeness (QED) is 0.838. The van der Waals surface area contributed by atoms with Crippen molar-refractivity contribution < 1.29 is 18.0 Å². The van der Waals surface area contributed by atoms with Gasteiger partial charge in [-0.1, -0.05) is 12.1 Å². The lowest BCUT2D eigenvalue weighted by molar-refractivity contribution is -0.117. The summed E-state index contributed by atoms with van der Waals surface area (Å²) in [4.78, 5) is 26.4. The van der Waals surface area contributed by atoms with Crippen LogP contribution in [0.15, 0.2) is 53.4 Å². The van der Waals surface area contributed by atoms with Crippen LogP contribution in [0.5, 0.6) is 0 Å². The Morgan fingerprint density at radius 3 is 2.38 bits per heavy atom. The molecule has 136 valence electrons. The Morgan fingerprint density at radius 1 is 1.08 bits per heavy atom. The summed E-state index contributed by atoms with van der Waals surface area (Å²) in [6.07, 6.45) is 1.26. The van der Waals surface area contributed by atoms with Crippen LogP contribution in [0.2, 0.25) is 0 Å². The topological polar surface area (TPSA) is 95.6 Å². The largest absolute Gasteiger partial charge is 0.322 e. The molecule has 0 aliphatic carbocycles. The molecule has 0 saturated carbocycles. The van der Waals surface area contributed by atoms with Gasteiger partial charge in [0.2, 0.25) is 15.9 Å². The van der Waals surface area contributed by atoms with Gasteiger partial charge in [-0.15, -0.1) is 0 Å². The molecule has 2 N–H and O–H groups in total. The summed E-state index contributed by atoms with van der Waals surface area (Å²) in [5.41, 5.74) is 1.45. The highest BCUT2D eigenvalue weighted by molar-refractivity contribution is 7.89. The first-order valence-corrected chi connectivity index (χ1v) is 9.65. The lowest BCUT2D eigenvalue weighted by Gasteiger charge is -2.19. The maximum absolute atomic E-state index is 12.7. The van der Waals surface area contributed by atoms with Gasteiger partial charge < -0.3 is 10.2 Å². The van der Waals surface area contributed by atoms with Crippen LogP contribution < -0.4 is 14.9 Å². The molecular weight excluding hydrogens is 354 g/mol. The third-order valence-electron chi connectivity index (χ3n) is 4.20. The smallest absolute Gasteiger partial charge is 0.257 e. The van der Waals surface area contributed by atoms with Gasteiger partial charge in [0.1, 0.15) is 0 Å². The Balaban J connectivity index is 1.82. The average molecular weight is 373 g/mol. The van der Waals surface area contributed by atoms with Gasteiger partial charge in [0, 0.05) is 18.7 Å². The van der Waals surface area contributed by atoms with Gasteiger partial charge in [0.15, 0.2) is 0 Å². The monoisotopic (exact) mass is 373 g/mol. The van der Waals surface area contributed by atoms with Crippen molar-refractivity contribution in [3.8, 4) is 0 Å². The van der Waals surface area contributed by atoms with E-state index in [1.807, 2.05) is 0 Å². The number of anilines is 2. The highest BCUT2D eigenvalue weighted by Crippen LogP contribution is 2.26. The fraction of sp³-hybridized carbons (Fsp3) is 0.222. The number of rotatable bonds is 5. The van der Waals surface area contributed by atoms with Crippen LogP contribution in [0, 0.1) is 0 Å². The number of hydrogen-bond donors (Lipinski definition) is 2. The van der Waals surface area contributed by atoms with Gasteiger partial charge in [0.05, 0.1) is 16.1 Å². The Bertz CT molecular complexity index is 939. The number of carbonyl (C=O) groups is 2. The third-order valence-corrected chi connectivity index (χ3v) is 5.63. The Labute approximate surface area is 152 Å². The molecule has 0 bridgehead atoms. The van der Waals surface area contributed by atoms with Crippen molar-refractivity contribution in [2.75, 3.05) is 23.8 Å². The van der Waals surface area contributed by atoms with Crippen LogP contribution in [-0.4, -0.2) is 33.8 Å². The van der Waals surface area contributed by atoms with Crippen molar-refractivity contribution in [2.24, 2.45) is 0 Å². The van der Waals surface area contributed by atoms with E-state index in [2.05, 4.69) is 10.0 Å². The molecule has 0 atom stereocenters. The van der Waals surface area contributed by atoms with Gasteiger partial charge in [-0.2, -0.15) is 0 Å². The number of sulfonamides is 1. The van der Waals surface area contributed by atoms with E-state index in [1.54, 1.807) is 29.2 Å². The number of hydrogen-bond acceptors (Lipinski definition) is 4. The summed E-state index contributed by atoms with van der Waals surface area (Å²) >= 11 is 0. The van der Waals surface area contributed by atoms with Crippen molar-refractivity contribution in [3.63, 3.8) is 0 Å². The first kappa shape index (κ1) is 18.1. The number of carbonyl (C=O) groups excluding carboxylic acids is 2. The zero-order valence-corrected chi connectivity index (χ0v) is 15.0. The van der Waals surface area contributed by atoms with Crippen molar-refractivity contribution >= 4 is 33.2 Å². The fourth-order valence-corrected chi connectivity index (χ4v) is 3.57. The Morgan fingerprint density at radius 2 is 1.77 bits per heavy atom. The molecule has 2 amide bonds. The molecule has 3 rings (SSSR count). The number of benzene rings is 2.